The number of para-hydroxylation sites is 1. The fourth-order valence-electron chi connectivity index (χ4n) is 4.23. The van der Waals surface area contributed by atoms with Gasteiger partial charge in [-0.05, 0) is 41.1 Å². The van der Waals surface area contributed by atoms with Gasteiger partial charge < -0.3 is 10.5 Å². The first-order valence-corrected chi connectivity index (χ1v) is 11.5. The predicted octanol–water partition coefficient (Wildman–Crippen LogP) is 3.40. The van der Waals surface area contributed by atoms with Gasteiger partial charge in [-0.25, -0.2) is 9.59 Å². The number of fused-ring (bicyclic) bond motifs is 1. The maximum absolute atomic E-state index is 14.1. The van der Waals surface area contributed by atoms with Gasteiger partial charge in [-0.3, -0.25) is 0 Å². The van der Waals surface area contributed by atoms with E-state index in [1.54, 1.807) is 37.3 Å². The number of hydrogen-bond donors (Lipinski definition) is 1. The molecule has 0 saturated heterocycles. The van der Waals surface area contributed by atoms with Crippen molar-refractivity contribution in [3.05, 3.63) is 89.5 Å². The molecule has 3 aromatic rings. The molecule has 0 fully saturated rings. The number of imide groups is 1. The Kier molecular flexibility index (Phi) is 5.49. The Bertz CT molecular complexity index is 1410. The molecule has 33 heavy (non-hydrogen) atoms. The number of rotatable bonds is 5. The molecule has 3 aromatic carbocycles. The Morgan fingerprint density at radius 2 is 1.73 bits per heavy atom. The van der Waals surface area contributed by atoms with E-state index in [-0.39, 0.29) is 21.7 Å². The minimum Gasteiger partial charge on any atom is -0.494 e. The van der Waals surface area contributed by atoms with Gasteiger partial charge in [0.25, 0.3) is 0 Å². The molecule has 1 aliphatic heterocycles. The average molecular weight is 463 g/mol. The molecule has 2 atom stereocenters. The minimum atomic E-state index is -4.66. The summed E-state index contributed by atoms with van der Waals surface area (Å²) in [5, 5.41) is 9.43. The Balaban J connectivity index is 2.09. The largest absolute Gasteiger partial charge is 0.494 e. The first-order valence-electron chi connectivity index (χ1n) is 10.1. The fraction of sp³-hybridized carbons (Fsp3) is 0.125. The van der Waals surface area contributed by atoms with E-state index >= 15 is 0 Å². The van der Waals surface area contributed by atoms with Gasteiger partial charge in [-0.2, -0.15) is 13.7 Å². The van der Waals surface area contributed by atoms with Gasteiger partial charge in [-0.1, -0.05) is 36.4 Å². The van der Waals surface area contributed by atoms with E-state index in [1.807, 2.05) is 6.07 Å². The number of urea groups is 1. The number of quaternary nitrogens is 1. The summed E-state index contributed by atoms with van der Waals surface area (Å²) >= 11 is 0. The minimum absolute atomic E-state index is 0.105. The molecule has 0 aromatic heterocycles. The third-order valence-electron chi connectivity index (χ3n) is 5.61. The SMILES string of the molecule is CCOc1ccccc1C1C(=O)[N+](C(N)=O)(S(=O)(=O)c2ccccc2)c2ccc(C#N)cc21. The van der Waals surface area contributed by atoms with Gasteiger partial charge >= 0.3 is 22.0 Å². The molecule has 0 saturated carbocycles. The zero-order valence-corrected chi connectivity index (χ0v) is 18.5. The molecule has 0 radical (unpaired) electrons. The summed E-state index contributed by atoms with van der Waals surface area (Å²) in [6, 6.07) is 18.6. The fourth-order valence-corrected chi connectivity index (χ4v) is 6.05. The zero-order valence-electron chi connectivity index (χ0n) is 17.6. The number of nitrogens with zero attached hydrogens (tertiary/aromatic N) is 2. The van der Waals surface area contributed by atoms with E-state index in [4.69, 9.17) is 10.5 Å². The molecule has 0 bridgehead atoms. The summed E-state index contributed by atoms with van der Waals surface area (Å²) in [4.78, 5) is 26.8. The lowest BCUT2D eigenvalue weighted by atomic mass is 9.91. The molecule has 166 valence electrons. The summed E-state index contributed by atoms with van der Waals surface area (Å²) in [5.74, 6) is -1.78. The highest BCUT2D eigenvalue weighted by Crippen LogP contribution is 2.51. The van der Waals surface area contributed by atoms with Crippen LogP contribution in [0.4, 0.5) is 10.5 Å². The van der Waals surface area contributed by atoms with Crippen molar-refractivity contribution in [2.75, 3.05) is 6.61 Å². The Morgan fingerprint density at radius 3 is 2.36 bits per heavy atom. The maximum atomic E-state index is 14.1. The van der Waals surface area contributed by atoms with Crippen LogP contribution in [0.15, 0.2) is 77.7 Å². The van der Waals surface area contributed by atoms with Crippen LogP contribution in [0.5, 0.6) is 5.75 Å². The Morgan fingerprint density at radius 1 is 1.06 bits per heavy atom. The van der Waals surface area contributed by atoms with Crippen LogP contribution in [-0.4, -0.2) is 27.0 Å². The van der Waals surface area contributed by atoms with Gasteiger partial charge in [0.05, 0.1) is 18.2 Å². The molecule has 1 aliphatic rings. The lowest BCUT2D eigenvalue weighted by Crippen LogP contribution is -2.63. The topological polar surface area (TPSA) is 127 Å². The molecule has 3 amide bonds. The number of nitrogens with two attached hydrogens (primary N) is 1. The van der Waals surface area contributed by atoms with Crippen molar-refractivity contribution >= 4 is 27.6 Å². The normalized spacial score (nSPS) is 19.5. The highest BCUT2D eigenvalue weighted by atomic mass is 32.2. The monoisotopic (exact) mass is 462 g/mol. The van der Waals surface area contributed by atoms with E-state index < -0.39 is 31.8 Å². The van der Waals surface area contributed by atoms with E-state index in [0.29, 0.717) is 17.9 Å². The van der Waals surface area contributed by atoms with Crippen LogP contribution in [0.3, 0.4) is 0 Å². The van der Waals surface area contributed by atoms with Gasteiger partial charge in [0.15, 0.2) is 5.69 Å². The van der Waals surface area contributed by atoms with Crippen molar-refractivity contribution < 1.29 is 22.7 Å². The van der Waals surface area contributed by atoms with Crippen LogP contribution < -0.4 is 14.4 Å². The van der Waals surface area contributed by atoms with Crippen LogP contribution in [0, 0.1) is 11.3 Å². The number of primary amides is 1. The highest BCUT2D eigenvalue weighted by Gasteiger charge is 2.66. The van der Waals surface area contributed by atoms with Crippen molar-refractivity contribution in [1.82, 2.24) is 3.89 Å². The van der Waals surface area contributed by atoms with Crippen molar-refractivity contribution in [2.24, 2.45) is 5.73 Å². The van der Waals surface area contributed by atoms with Crippen molar-refractivity contribution in [2.45, 2.75) is 17.7 Å². The van der Waals surface area contributed by atoms with Crippen molar-refractivity contribution in [3.8, 4) is 11.8 Å². The van der Waals surface area contributed by atoms with Crippen molar-refractivity contribution in [3.63, 3.8) is 0 Å². The molecule has 1 heterocycles. The average Bonchev–Trinajstić information content (AvgIpc) is 3.08. The number of benzene rings is 3. The smallest absolute Gasteiger partial charge is 0.442 e. The van der Waals surface area contributed by atoms with Crippen LogP contribution in [0.2, 0.25) is 0 Å². The Labute approximate surface area is 191 Å². The highest BCUT2D eigenvalue weighted by molar-refractivity contribution is 7.92. The van der Waals surface area contributed by atoms with E-state index in [1.165, 1.54) is 42.5 Å². The number of hydrogen-bond acceptors (Lipinski definition) is 6. The molecule has 2 unspecified atom stereocenters. The van der Waals surface area contributed by atoms with Gasteiger partial charge in [0.2, 0.25) is 0 Å². The third kappa shape index (κ3) is 3.11. The molecule has 0 aliphatic carbocycles. The van der Waals surface area contributed by atoms with Gasteiger partial charge in [0, 0.05) is 17.2 Å². The second-order valence-corrected chi connectivity index (χ2v) is 9.33. The number of amides is 3. The zero-order chi connectivity index (χ0) is 23.8. The van der Waals surface area contributed by atoms with E-state index in [0.717, 1.165) is 0 Å². The molecule has 4 rings (SSSR count). The summed E-state index contributed by atoms with van der Waals surface area (Å²) in [6.45, 7) is 2.08. The number of sulfonamides is 1. The van der Waals surface area contributed by atoms with Crippen LogP contribution in [0.25, 0.3) is 0 Å². The van der Waals surface area contributed by atoms with E-state index in [9.17, 15) is 23.3 Å². The van der Waals surface area contributed by atoms with Crippen LogP contribution >= 0.6 is 0 Å². The molecular formula is C24H20N3O5S+. The standard InChI is InChI=1S/C24H19N3O5S/c1-2-32-21-11-7-6-10-18(21)22-19-14-16(15-25)12-13-20(19)27(23(22)28,24(26)29)33(30,31)17-8-4-3-5-9-17/h3-14,22H,2H2,1H3,(H-,26,29)/p+1. The summed E-state index contributed by atoms with van der Waals surface area (Å²) in [6.07, 6.45) is 0. The molecule has 8 nitrogen and oxygen atoms in total. The summed E-state index contributed by atoms with van der Waals surface area (Å²) in [7, 11) is -4.66. The Hall–Kier alpha value is -4.00. The lowest BCUT2D eigenvalue weighted by molar-refractivity contribution is -0.123. The first-order chi connectivity index (χ1) is 15.8. The molecular weight excluding hydrogens is 442 g/mol. The van der Waals surface area contributed by atoms with Gasteiger partial charge in [0.1, 0.15) is 16.6 Å². The second kappa shape index (κ2) is 8.16. The lowest BCUT2D eigenvalue weighted by Gasteiger charge is -2.26. The van der Waals surface area contributed by atoms with Crippen LogP contribution in [-0.2, 0) is 14.8 Å². The molecule has 0 spiro atoms. The second-order valence-electron chi connectivity index (χ2n) is 7.36. The quantitative estimate of drug-likeness (QED) is 0.579. The van der Waals surface area contributed by atoms with Gasteiger partial charge in [-0.15, -0.1) is 0 Å². The van der Waals surface area contributed by atoms with Crippen molar-refractivity contribution in [1.29, 1.82) is 5.26 Å². The summed E-state index contributed by atoms with van der Waals surface area (Å²) < 4.78 is 31.7. The molecule has 2 N–H and O–H groups in total. The number of carbonyl (C=O) groups excluding carboxylic acids is 2. The van der Waals surface area contributed by atoms with E-state index in [2.05, 4.69) is 0 Å². The predicted molar refractivity (Wildman–Crippen MR) is 121 cm³/mol. The maximum Gasteiger partial charge on any atom is 0.442 e. The number of carbonyl (C=O) groups is 2. The third-order valence-corrected chi connectivity index (χ3v) is 7.75. The molecule has 9 heteroatoms. The first kappa shape index (κ1) is 22.2. The van der Waals surface area contributed by atoms with Crippen LogP contribution in [0.1, 0.15) is 29.5 Å². The number of ether oxygens (including phenoxy) is 1. The summed E-state index contributed by atoms with van der Waals surface area (Å²) in [5.41, 5.74) is 6.40. The number of nitriles is 1.